The molecule has 3 aromatic rings. The summed E-state index contributed by atoms with van der Waals surface area (Å²) in [6.45, 7) is 0.299. The molecule has 3 aromatic carbocycles. The minimum Gasteiger partial charge on any atom is -0.497 e. The topological polar surface area (TPSA) is 84.9 Å². The van der Waals surface area contributed by atoms with Crippen molar-refractivity contribution in [1.29, 1.82) is 0 Å². The van der Waals surface area contributed by atoms with Crippen molar-refractivity contribution in [3.8, 4) is 17.2 Å². The van der Waals surface area contributed by atoms with Crippen molar-refractivity contribution in [3.63, 3.8) is 0 Å². The molecule has 1 atom stereocenters. The van der Waals surface area contributed by atoms with Crippen molar-refractivity contribution < 1.29 is 27.1 Å². The van der Waals surface area contributed by atoms with Gasteiger partial charge in [-0.05, 0) is 79.6 Å². The summed E-state index contributed by atoms with van der Waals surface area (Å²) in [5, 5.41) is 3.25. The van der Waals surface area contributed by atoms with Crippen LogP contribution in [-0.4, -0.2) is 38.8 Å². The molecule has 1 amide bonds. The van der Waals surface area contributed by atoms with E-state index in [1.807, 2.05) is 0 Å². The Morgan fingerprint density at radius 1 is 1.06 bits per heavy atom. The minimum atomic E-state index is -3.85. The Morgan fingerprint density at radius 2 is 1.74 bits per heavy atom. The van der Waals surface area contributed by atoms with E-state index in [-0.39, 0.29) is 23.9 Å². The molecular weight excluding hydrogens is 495 g/mol. The third kappa shape index (κ3) is 5.93. The summed E-state index contributed by atoms with van der Waals surface area (Å²) in [4.78, 5) is 13.1. The molecule has 1 aliphatic rings. The number of rotatable bonds is 7. The van der Waals surface area contributed by atoms with E-state index in [2.05, 4.69) is 5.32 Å². The van der Waals surface area contributed by atoms with Gasteiger partial charge in [0.2, 0.25) is 15.9 Å². The summed E-state index contributed by atoms with van der Waals surface area (Å²) in [6.07, 6.45) is 1.04. The number of nitrogens with one attached hydrogen (secondary N) is 1. The van der Waals surface area contributed by atoms with Crippen LogP contribution in [0.25, 0.3) is 0 Å². The quantitative estimate of drug-likeness (QED) is 0.457. The molecule has 1 fully saturated rings. The maximum absolute atomic E-state index is 13.2. The van der Waals surface area contributed by atoms with Crippen molar-refractivity contribution >= 4 is 33.2 Å². The lowest BCUT2D eigenvalue weighted by Gasteiger charge is -2.31. The van der Waals surface area contributed by atoms with Crippen LogP contribution in [0.1, 0.15) is 12.8 Å². The molecule has 10 heteroatoms. The van der Waals surface area contributed by atoms with Crippen LogP contribution in [0.3, 0.4) is 0 Å². The average Bonchev–Trinajstić information content (AvgIpc) is 2.86. The summed E-state index contributed by atoms with van der Waals surface area (Å²) >= 11 is 6.15. The Balaban J connectivity index is 1.49. The predicted molar refractivity (Wildman–Crippen MR) is 131 cm³/mol. The van der Waals surface area contributed by atoms with E-state index in [9.17, 15) is 17.6 Å². The van der Waals surface area contributed by atoms with Gasteiger partial charge in [-0.15, -0.1) is 0 Å². The van der Waals surface area contributed by atoms with Gasteiger partial charge in [0.25, 0.3) is 0 Å². The van der Waals surface area contributed by atoms with Crippen molar-refractivity contribution in [3.05, 3.63) is 77.6 Å². The Labute approximate surface area is 208 Å². The number of benzene rings is 3. The molecule has 1 heterocycles. The zero-order chi connectivity index (χ0) is 25.0. The van der Waals surface area contributed by atoms with Crippen LogP contribution in [0.5, 0.6) is 17.2 Å². The lowest BCUT2D eigenvalue weighted by Crippen LogP contribution is -2.43. The first kappa shape index (κ1) is 25.0. The van der Waals surface area contributed by atoms with Gasteiger partial charge in [0.1, 0.15) is 17.3 Å². The smallest absolute Gasteiger partial charge is 0.243 e. The first-order valence-corrected chi connectivity index (χ1v) is 12.8. The van der Waals surface area contributed by atoms with Crippen molar-refractivity contribution in [2.45, 2.75) is 17.7 Å². The molecule has 35 heavy (non-hydrogen) atoms. The normalized spacial score (nSPS) is 16.5. The zero-order valence-corrected chi connectivity index (χ0v) is 20.5. The van der Waals surface area contributed by atoms with Crippen LogP contribution >= 0.6 is 11.6 Å². The number of nitrogens with zero attached hydrogens (tertiary/aromatic N) is 1. The van der Waals surface area contributed by atoms with E-state index in [1.165, 1.54) is 16.4 Å². The molecule has 1 N–H and O–H groups in total. The highest BCUT2D eigenvalue weighted by Gasteiger charge is 2.33. The first-order chi connectivity index (χ1) is 16.8. The number of halogens is 2. The van der Waals surface area contributed by atoms with Gasteiger partial charge in [-0.25, -0.2) is 12.8 Å². The third-order valence-corrected chi connectivity index (χ3v) is 7.81. The van der Waals surface area contributed by atoms with E-state index in [0.29, 0.717) is 40.8 Å². The van der Waals surface area contributed by atoms with Gasteiger partial charge >= 0.3 is 0 Å². The molecule has 4 rings (SSSR count). The summed E-state index contributed by atoms with van der Waals surface area (Å²) in [7, 11) is -2.28. The molecule has 0 aliphatic carbocycles. The van der Waals surface area contributed by atoms with Gasteiger partial charge in [-0.3, -0.25) is 4.79 Å². The fourth-order valence-electron chi connectivity index (χ4n) is 3.82. The predicted octanol–water partition coefficient (Wildman–Crippen LogP) is 5.32. The van der Waals surface area contributed by atoms with Gasteiger partial charge in [-0.2, -0.15) is 4.31 Å². The number of anilines is 1. The lowest BCUT2D eigenvalue weighted by atomic mass is 9.98. The molecule has 1 saturated heterocycles. The van der Waals surface area contributed by atoms with Crippen LogP contribution in [-0.2, 0) is 14.8 Å². The number of sulfonamides is 1. The molecular formula is C25H24ClFN2O5S. The van der Waals surface area contributed by atoms with E-state index >= 15 is 0 Å². The van der Waals surface area contributed by atoms with Crippen LogP contribution in [0.4, 0.5) is 10.1 Å². The van der Waals surface area contributed by atoms with Gasteiger partial charge < -0.3 is 14.8 Å². The monoisotopic (exact) mass is 518 g/mol. The Morgan fingerprint density at radius 3 is 2.43 bits per heavy atom. The Bertz CT molecular complexity index is 1300. The van der Waals surface area contributed by atoms with Gasteiger partial charge in [-0.1, -0.05) is 11.6 Å². The zero-order valence-electron chi connectivity index (χ0n) is 18.9. The van der Waals surface area contributed by atoms with E-state index in [1.54, 1.807) is 49.6 Å². The second-order valence-electron chi connectivity index (χ2n) is 8.06. The highest BCUT2D eigenvalue weighted by atomic mass is 35.5. The summed E-state index contributed by atoms with van der Waals surface area (Å²) in [5.74, 6) is 0.170. The van der Waals surface area contributed by atoms with Crippen LogP contribution in [0, 0.1) is 11.7 Å². The summed E-state index contributed by atoms with van der Waals surface area (Å²) < 4.78 is 51.6. The van der Waals surface area contributed by atoms with Gasteiger partial charge in [0, 0.05) is 18.1 Å². The van der Waals surface area contributed by atoms with Crippen LogP contribution in [0.2, 0.25) is 5.02 Å². The summed E-state index contributed by atoms with van der Waals surface area (Å²) in [6, 6.07) is 16.5. The van der Waals surface area contributed by atoms with E-state index in [0.717, 1.165) is 12.1 Å². The largest absolute Gasteiger partial charge is 0.497 e. The molecule has 1 aliphatic heterocycles. The Hall–Kier alpha value is -3.14. The number of methoxy groups -OCH3 is 1. The second-order valence-corrected chi connectivity index (χ2v) is 10.4. The number of carbonyl (C=O) groups excluding carboxylic acids is 1. The summed E-state index contributed by atoms with van der Waals surface area (Å²) in [5.41, 5.74) is 0.372. The van der Waals surface area contributed by atoms with Gasteiger partial charge in [0.05, 0.1) is 23.6 Å². The second kappa shape index (κ2) is 10.6. The van der Waals surface area contributed by atoms with Crippen LogP contribution < -0.4 is 14.8 Å². The molecule has 0 bridgehead atoms. The standard InChI is InChI=1S/C25H24ClFN2O5S/c1-33-20-7-9-21(10-8-20)34-24-13-4-18(26)15-23(24)28-25(30)17-3-2-14-29(16-17)35(31,32)22-11-5-19(27)6-12-22/h4-13,15,17H,2-3,14,16H2,1H3,(H,28,30)/t17-/m0/s1. The number of hydrogen-bond donors (Lipinski definition) is 1. The molecule has 7 nitrogen and oxygen atoms in total. The molecule has 0 aromatic heterocycles. The van der Waals surface area contributed by atoms with Gasteiger partial charge in [0.15, 0.2) is 5.75 Å². The average molecular weight is 519 g/mol. The lowest BCUT2D eigenvalue weighted by molar-refractivity contribution is -0.120. The van der Waals surface area contributed by atoms with Crippen molar-refractivity contribution in [1.82, 2.24) is 4.31 Å². The fourth-order valence-corrected chi connectivity index (χ4v) is 5.52. The number of hydrogen-bond acceptors (Lipinski definition) is 5. The maximum Gasteiger partial charge on any atom is 0.243 e. The third-order valence-electron chi connectivity index (χ3n) is 5.69. The minimum absolute atomic E-state index is 0.00928. The van der Waals surface area contributed by atoms with Crippen molar-refractivity contribution in [2.24, 2.45) is 5.92 Å². The highest BCUT2D eigenvalue weighted by Crippen LogP contribution is 2.34. The highest BCUT2D eigenvalue weighted by molar-refractivity contribution is 7.89. The number of amides is 1. The van der Waals surface area contributed by atoms with Crippen LogP contribution in [0.15, 0.2) is 71.6 Å². The molecule has 184 valence electrons. The van der Waals surface area contributed by atoms with E-state index < -0.39 is 21.8 Å². The number of piperidine rings is 1. The molecule has 0 spiro atoms. The SMILES string of the molecule is COc1ccc(Oc2ccc(Cl)cc2NC(=O)[C@H]2CCCN(S(=O)(=O)c3ccc(F)cc3)C2)cc1. The first-order valence-electron chi connectivity index (χ1n) is 10.9. The number of carbonyl (C=O) groups is 1. The van der Waals surface area contributed by atoms with E-state index in [4.69, 9.17) is 21.1 Å². The van der Waals surface area contributed by atoms with Crippen molar-refractivity contribution in [2.75, 3.05) is 25.5 Å². The molecule has 0 unspecified atom stereocenters. The maximum atomic E-state index is 13.2. The molecule has 0 saturated carbocycles. The number of ether oxygens (including phenoxy) is 2. The Kier molecular flexibility index (Phi) is 7.59. The fraction of sp³-hybridized carbons (Fsp3) is 0.240. The molecule has 0 radical (unpaired) electrons.